The van der Waals surface area contributed by atoms with Crippen LogP contribution in [0.5, 0.6) is 0 Å². The van der Waals surface area contributed by atoms with Gasteiger partial charge in [0.1, 0.15) is 18.4 Å². The van der Waals surface area contributed by atoms with E-state index in [1.54, 1.807) is 0 Å². The smallest absolute Gasteiger partial charge is 0.305 e. The van der Waals surface area contributed by atoms with Crippen molar-refractivity contribution in [2.24, 2.45) is 17.8 Å². The molecule has 0 aliphatic carbocycles. The average Bonchev–Trinajstić information content (AvgIpc) is 3.42. The number of amides is 2. The van der Waals surface area contributed by atoms with Gasteiger partial charge < -0.3 is 45.3 Å². The second kappa shape index (κ2) is 49.0. The van der Waals surface area contributed by atoms with Gasteiger partial charge in [0, 0.05) is 45.4 Å². The standard InChI is InChI=1S/C63H120N4O11/c1-7-13-30-51(10-4)33-18-16-19-34-54(69)45-66(46-55(70)35-20-17-29-44-68)42-27-25-38-58-62(75)65-59(63(76)64-58)39-26-28-43-67(47-56(71)36-21-23-40-60(73)77-49-52(11-5)31-14-8-2)48-57(72)37-22-24-41-61(74)78-50-53(12-6)32-15-9-3/h44,51-59,69-72H,7-43,45-50H2,1-6H3,(H,64,76)(H,65,75). The third-order valence-corrected chi connectivity index (χ3v) is 16.3. The number of unbranched alkanes of at least 4 members (excludes halogenated alkanes) is 11. The second-order valence-electron chi connectivity index (χ2n) is 23.4. The molecule has 0 aromatic carbocycles. The number of esters is 2. The Morgan fingerprint density at radius 1 is 0.462 bits per heavy atom. The average molecular weight is 1110 g/mol. The lowest BCUT2D eigenvalue weighted by molar-refractivity contribution is -0.146. The number of hydrogen-bond acceptors (Lipinski definition) is 13. The van der Waals surface area contributed by atoms with Gasteiger partial charge in [0.25, 0.3) is 0 Å². The van der Waals surface area contributed by atoms with Gasteiger partial charge >= 0.3 is 11.9 Å². The molecule has 15 heteroatoms. The lowest BCUT2D eigenvalue weighted by atomic mass is 9.93. The molecule has 0 aromatic heterocycles. The highest BCUT2D eigenvalue weighted by Gasteiger charge is 2.33. The van der Waals surface area contributed by atoms with Gasteiger partial charge in [-0.15, -0.1) is 0 Å². The molecular weight excluding hydrogens is 989 g/mol. The van der Waals surface area contributed by atoms with Crippen LogP contribution in [0.2, 0.25) is 0 Å². The molecular formula is C63H120N4O11. The van der Waals surface area contributed by atoms with Crippen LogP contribution in [0, 0.1) is 17.8 Å². The van der Waals surface area contributed by atoms with Crippen LogP contribution in [-0.4, -0.2) is 149 Å². The number of nitrogens with zero attached hydrogens (tertiary/aromatic N) is 2. The first kappa shape index (κ1) is 73.3. The van der Waals surface area contributed by atoms with E-state index < -0.39 is 36.5 Å². The number of piperazine rings is 1. The van der Waals surface area contributed by atoms with E-state index in [0.717, 1.165) is 102 Å². The van der Waals surface area contributed by atoms with Crippen LogP contribution in [0.25, 0.3) is 0 Å². The van der Waals surface area contributed by atoms with Crippen LogP contribution in [0.1, 0.15) is 266 Å². The largest absolute Gasteiger partial charge is 0.465 e. The molecule has 458 valence electrons. The summed E-state index contributed by atoms with van der Waals surface area (Å²) in [6.07, 6.45) is 28.0. The fourth-order valence-corrected chi connectivity index (χ4v) is 10.8. The zero-order valence-corrected chi connectivity index (χ0v) is 50.7. The molecule has 1 rings (SSSR count). The summed E-state index contributed by atoms with van der Waals surface area (Å²) >= 11 is 0. The third-order valence-electron chi connectivity index (χ3n) is 16.3. The molecule has 0 radical (unpaired) electrons. The van der Waals surface area contributed by atoms with Gasteiger partial charge in [-0.05, 0) is 127 Å². The van der Waals surface area contributed by atoms with Crippen LogP contribution in [-0.2, 0) is 33.4 Å². The van der Waals surface area contributed by atoms with Gasteiger partial charge in [-0.1, -0.05) is 151 Å². The third kappa shape index (κ3) is 38.9. The SMILES string of the molecule is CCCCC(CC)CCCCCC(O)CN(CCCCC1NC(=O)C(CCCCN(CC(O)CCCCC(=O)OCC(CC)CCCC)CC(O)CCCCC(=O)OCC(CC)CCCC)NC1=O)CC(O)CCCCC=O. The first-order valence-corrected chi connectivity index (χ1v) is 32.2. The molecule has 0 spiro atoms. The summed E-state index contributed by atoms with van der Waals surface area (Å²) in [4.78, 5) is 66.5. The molecule has 0 aromatic rings. The maximum absolute atomic E-state index is 13.3. The van der Waals surface area contributed by atoms with Crippen molar-refractivity contribution in [2.45, 2.75) is 303 Å². The van der Waals surface area contributed by atoms with Gasteiger partial charge in [-0.2, -0.15) is 0 Å². The van der Waals surface area contributed by atoms with Crippen LogP contribution in [0.4, 0.5) is 0 Å². The Labute approximate surface area is 475 Å². The number of carbonyl (C=O) groups is 5. The number of aldehydes is 1. The van der Waals surface area contributed by atoms with Gasteiger partial charge in [0.05, 0.1) is 37.6 Å². The summed E-state index contributed by atoms with van der Waals surface area (Å²) < 4.78 is 11.1. The molecule has 1 aliphatic rings. The van der Waals surface area contributed by atoms with Crippen molar-refractivity contribution >= 4 is 30.0 Å². The minimum atomic E-state index is -0.657. The molecule has 1 aliphatic heterocycles. The summed E-state index contributed by atoms with van der Waals surface area (Å²) in [5, 5.41) is 50.1. The number of ether oxygens (including phenoxy) is 2. The molecule has 9 atom stereocenters. The van der Waals surface area contributed by atoms with Crippen LogP contribution >= 0.6 is 0 Å². The van der Waals surface area contributed by atoms with Crippen LogP contribution in [0.15, 0.2) is 0 Å². The van der Waals surface area contributed by atoms with Gasteiger partial charge in [0.15, 0.2) is 0 Å². The van der Waals surface area contributed by atoms with Gasteiger partial charge in [0.2, 0.25) is 11.8 Å². The molecule has 1 fully saturated rings. The molecule has 0 saturated carbocycles. The highest BCUT2D eigenvalue weighted by Crippen LogP contribution is 2.22. The Kier molecular flexibility index (Phi) is 46.0. The highest BCUT2D eigenvalue weighted by atomic mass is 16.5. The summed E-state index contributed by atoms with van der Waals surface area (Å²) in [5.41, 5.74) is 0. The first-order chi connectivity index (χ1) is 37.7. The Morgan fingerprint density at radius 3 is 1.18 bits per heavy atom. The van der Waals surface area contributed by atoms with E-state index in [1.807, 2.05) is 0 Å². The summed E-state index contributed by atoms with van der Waals surface area (Å²) in [6.45, 7) is 16.9. The van der Waals surface area contributed by atoms with Crippen molar-refractivity contribution in [1.29, 1.82) is 0 Å². The lowest BCUT2D eigenvalue weighted by Crippen LogP contribution is -2.61. The monoisotopic (exact) mass is 1110 g/mol. The van der Waals surface area contributed by atoms with Crippen molar-refractivity contribution in [1.82, 2.24) is 20.4 Å². The lowest BCUT2D eigenvalue weighted by Gasteiger charge is -2.31. The highest BCUT2D eigenvalue weighted by molar-refractivity contribution is 5.96. The van der Waals surface area contributed by atoms with E-state index >= 15 is 0 Å². The van der Waals surface area contributed by atoms with Crippen LogP contribution in [0.3, 0.4) is 0 Å². The predicted molar refractivity (Wildman–Crippen MR) is 315 cm³/mol. The first-order valence-electron chi connectivity index (χ1n) is 32.2. The predicted octanol–water partition coefficient (Wildman–Crippen LogP) is 10.9. The Balaban J connectivity index is 2.71. The van der Waals surface area contributed by atoms with E-state index in [9.17, 15) is 44.4 Å². The minimum Gasteiger partial charge on any atom is -0.465 e. The zero-order valence-electron chi connectivity index (χ0n) is 50.7. The number of aliphatic hydroxyl groups is 4. The van der Waals surface area contributed by atoms with Crippen molar-refractivity contribution in [3.8, 4) is 0 Å². The van der Waals surface area contributed by atoms with Crippen molar-refractivity contribution in [3.05, 3.63) is 0 Å². The number of rotatable bonds is 55. The normalized spacial score (nSPS) is 17.5. The molecule has 1 saturated heterocycles. The fourth-order valence-electron chi connectivity index (χ4n) is 10.8. The molecule has 78 heavy (non-hydrogen) atoms. The topological polar surface area (TPSA) is 215 Å². The summed E-state index contributed by atoms with van der Waals surface area (Å²) in [5.74, 6) is 0.791. The number of aliphatic hydroxyl groups excluding tert-OH is 4. The van der Waals surface area contributed by atoms with Crippen LogP contribution < -0.4 is 10.6 Å². The number of hydrogen-bond donors (Lipinski definition) is 6. The van der Waals surface area contributed by atoms with Crippen molar-refractivity contribution in [3.63, 3.8) is 0 Å². The van der Waals surface area contributed by atoms with Gasteiger partial charge in [-0.3, -0.25) is 29.0 Å². The van der Waals surface area contributed by atoms with Crippen molar-refractivity contribution < 1.29 is 53.9 Å². The van der Waals surface area contributed by atoms with E-state index in [2.05, 4.69) is 62.0 Å². The van der Waals surface area contributed by atoms with E-state index in [0.29, 0.717) is 161 Å². The molecule has 0 bridgehead atoms. The Morgan fingerprint density at radius 2 is 0.808 bits per heavy atom. The quantitative estimate of drug-likeness (QED) is 0.0190. The molecule has 1 heterocycles. The Bertz CT molecular complexity index is 1440. The molecule has 9 unspecified atom stereocenters. The number of nitrogens with one attached hydrogen (secondary N) is 2. The Hall–Kier alpha value is -2.69. The summed E-state index contributed by atoms with van der Waals surface area (Å²) in [7, 11) is 0. The van der Waals surface area contributed by atoms with E-state index in [4.69, 9.17) is 9.47 Å². The van der Waals surface area contributed by atoms with Gasteiger partial charge in [-0.25, -0.2) is 0 Å². The minimum absolute atomic E-state index is 0.194. The zero-order chi connectivity index (χ0) is 57.6. The summed E-state index contributed by atoms with van der Waals surface area (Å²) in [6, 6.07) is -1.28. The van der Waals surface area contributed by atoms with Crippen molar-refractivity contribution in [2.75, 3.05) is 52.5 Å². The number of carbonyl (C=O) groups excluding carboxylic acids is 5. The maximum atomic E-state index is 13.3. The molecule has 15 nitrogen and oxygen atoms in total. The second-order valence-corrected chi connectivity index (χ2v) is 23.4. The molecule has 6 N–H and O–H groups in total. The maximum Gasteiger partial charge on any atom is 0.305 e. The fraction of sp³-hybridized carbons (Fsp3) is 0.921. The van der Waals surface area contributed by atoms with E-state index in [-0.39, 0.29) is 23.8 Å². The van der Waals surface area contributed by atoms with E-state index in [1.165, 1.54) is 38.5 Å². The molecule has 2 amide bonds.